The Bertz CT molecular complexity index is 886. The second kappa shape index (κ2) is 7.31. The number of ketones is 1. The number of benzene rings is 1. The Balaban J connectivity index is 2.35. The third-order valence-electron chi connectivity index (χ3n) is 3.36. The van der Waals surface area contributed by atoms with Crippen molar-refractivity contribution >= 4 is 17.4 Å². The van der Waals surface area contributed by atoms with Gasteiger partial charge in [-0.3, -0.25) is 14.6 Å². The molecule has 2 aromatic rings. The van der Waals surface area contributed by atoms with Gasteiger partial charge in [-0.2, -0.15) is 18.4 Å². The van der Waals surface area contributed by atoms with Gasteiger partial charge in [-0.25, -0.2) is 4.39 Å². The van der Waals surface area contributed by atoms with Crippen LogP contribution in [-0.2, 0) is 11.0 Å². The van der Waals surface area contributed by atoms with Crippen molar-refractivity contribution in [3.05, 3.63) is 59.2 Å². The van der Waals surface area contributed by atoms with Crippen LogP contribution in [0.1, 0.15) is 34.5 Å². The van der Waals surface area contributed by atoms with E-state index in [1.165, 1.54) is 0 Å². The zero-order chi connectivity index (χ0) is 19.5. The predicted octanol–water partition coefficient (Wildman–Crippen LogP) is 3.69. The van der Waals surface area contributed by atoms with Gasteiger partial charge in [0.25, 0.3) is 0 Å². The topological polar surface area (TPSA) is 82.9 Å². The Kier molecular flexibility index (Phi) is 5.35. The molecule has 1 N–H and O–H groups in total. The summed E-state index contributed by atoms with van der Waals surface area (Å²) in [7, 11) is 0. The molecule has 0 bridgehead atoms. The summed E-state index contributed by atoms with van der Waals surface area (Å²) in [6.07, 6.45) is -4.07. The van der Waals surface area contributed by atoms with Gasteiger partial charge in [0.05, 0.1) is 23.0 Å². The van der Waals surface area contributed by atoms with Crippen LogP contribution >= 0.6 is 0 Å². The van der Waals surface area contributed by atoms with Gasteiger partial charge in [-0.15, -0.1) is 0 Å². The summed E-state index contributed by atoms with van der Waals surface area (Å²) in [5.41, 5.74) is -1.53. The summed E-state index contributed by atoms with van der Waals surface area (Å²) in [6, 6.07) is 6.42. The van der Waals surface area contributed by atoms with E-state index in [1.54, 1.807) is 6.07 Å². The van der Waals surface area contributed by atoms with Gasteiger partial charge in [-0.1, -0.05) is 0 Å². The number of carbonyl (C=O) groups is 2. The number of amides is 1. The molecule has 9 heteroatoms. The molecule has 1 atom stereocenters. The van der Waals surface area contributed by atoms with Crippen LogP contribution in [0.3, 0.4) is 0 Å². The second-order valence-electron chi connectivity index (χ2n) is 5.27. The first-order valence-electron chi connectivity index (χ1n) is 7.17. The summed E-state index contributed by atoms with van der Waals surface area (Å²) in [5, 5.41) is 11.4. The summed E-state index contributed by atoms with van der Waals surface area (Å²) < 4.78 is 51.4. The number of anilines is 1. The largest absolute Gasteiger partial charge is 0.417 e. The van der Waals surface area contributed by atoms with Gasteiger partial charge in [0.15, 0.2) is 11.7 Å². The fourth-order valence-corrected chi connectivity index (χ4v) is 2.13. The number of aromatic nitrogens is 1. The van der Waals surface area contributed by atoms with Gasteiger partial charge in [0.2, 0.25) is 5.91 Å². The molecule has 0 saturated carbocycles. The van der Waals surface area contributed by atoms with E-state index >= 15 is 0 Å². The zero-order valence-electron chi connectivity index (χ0n) is 13.3. The Morgan fingerprint density at radius 3 is 2.42 bits per heavy atom. The zero-order valence-corrected chi connectivity index (χ0v) is 13.3. The van der Waals surface area contributed by atoms with Gasteiger partial charge >= 0.3 is 6.18 Å². The van der Waals surface area contributed by atoms with Crippen molar-refractivity contribution in [1.82, 2.24) is 4.98 Å². The first kappa shape index (κ1) is 19.1. The molecule has 134 valence electrons. The highest BCUT2D eigenvalue weighted by Crippen LogP contribution is 2.30. The van der Waals surface area contributed by atoms with E-state index < -0.39 is 35.2 Å². The fraction of sp³-hybridized carbons (Fsp3) is 0.176. The van der Waals surface area contributed by atoms with Crippen LogP contribution in [0.2, 0.25) is 0 Å². The molecule has 1 amide bonds. The number of nitrogens with one attached hydrogen (secondary N) is 1. The van der Waals surface area contributed by atoms with Gasteiger partial charge < -0.3 is 5.32 Å². The molecular weight excluding hydrogens is 354 g/mol. The Morgan fingerprint density at radius 1 is 1.23 bits per heavy atom. The minimum Gasteiger partial charge on any atom is -0.324 e. The van der Waals surface area contributed by atoms with E-state index in [0.29, 0.717) is 12.3 Å². The summed E-state index contributed by atoms with van der Waals surface area (Å²) in [5.74, 6) is -3.60. The average molecular weight is 365 g/mol. The highest BCUT2D eigenvalue weighted by Gasteiger charge is 2.32. The number of alkyl halides is 3. The number of nitriles is 1. The van der Waals surface area contributed by atoms with Crippen LogP contribution in [-0.4, -0.2) is 16.7 Å². The smallest absolute Gasteiger partial charge is 0.324 e. The number of Topliss-reactive ketones (excluding diaryl/α,β-unsaturated/α-hetero) is 1. The molecule has 1 aromatic heterocycles. The SMILES string of the molecule is CC(=O)Nc1cc(C(=O)C(C#N)c2ccc(C(F)(F)F)cn2)ccc1F. The van der Waals surface area contributed by atoms with E-state index in [1.807, 2.05) is 0 Å². The minimum atomic E-state index is -4.60. The molecule has 1 aromatic carbocycles. The molecular formula is C17H11F4N3O2. The molecule has 0 fully saturated rings. The van der Waals surface area contributed by atoms with Gasteiger partial charge in [0.1, 0.15) is 5.82 Å². The molecule has 26 heavy (non-hydrogen) atoms. The summed E-state index contributed by atoms with van der Waals surface area (Å²) in [6.45, 7) is 1.15. The van der Waals surface area contributed by atoms with Crippen molar-refractivity contribution < 1.29 is 27.2 Å². The van der Waals surface area contributed by atoms with Crippen LogP contribution in [0.25, 0.3) is 0 Å². The Morgan fingerprint density at radius 2 is 1.92 bits per heavy atom. The lowest BCUT2D eigenvalue weighted by molar-refractivity contribution is -0.137. The Hall–Kier alpha value is -3.28. The molecule has 0 saturated heterocycles. The lowest BCUT2D eigenvalue weighted by atomic mass is 9.94. The molecule has 0 aliphatic carbocycles. The van der Waals surface area contributed by atoms with E-state index in [9.17, 15) is 32.4 Å². The maximum atomic E-state index is 13.6. The van der Waals surface area contributed by atoms with Crippen molar-refractivity contribution in [2.45, 2.75) is 19.0 Å². The minimum absolute atomic E-state index is 0.0941. The molecule has 0 aliphatic heterocycles. The maximum Gasteiger partial charge on any atom is 0.417 e. The molecule has 0 radical (unpaired) electrons. The normalized spacial score (nSPS) is 12.2. The molecule has 1 heterocycles. The predicted molar refractivity (Wildman–Crippen MR) is 82.6 cm³/mol. The van der Waals surface area contributed by atoms with E-state index in [4.69, 9.17) is 0 Å². The highest BCUT2D eigenvalue weighted by atomic mass is 19.4. The van der Waals surface area contributed by atoms with Crippen LogP contribution in [0.5, 0.6) is 0 Å². The van der Waals surface area contributed by atoms with Crippen LogP contribution in [0, 0.1) is 17.1 Å². The lowest BCUT2D eigenvalue weighted by Crippen LogP contribution is -2.15. The third-order valence-corrected chi connectivity index (χ3v) is 3.36. The Labute approximate surface area is 145 Å². The van der Waals surface area contributed by atoms with Crippen LogP contribution < -0.4 is 5.32 Å². The number of pyridine rings is 1. The van der Waals surface area contributed by atoms with E-state index in [2.05, 4.69) is 10.3 Å². The number of hydrogen-bond donors (Lipinski definition) is 1. The van der Waals surface area contributed by atoms with Crippen molar-refractivity contribution in [2.24, 2.45) is 0 Å². The highest BCUT2D eigenvalue weighted by molar-refractivity contribution is 6.03. The quantitative estimate of drug-likeness (QED) is 0.662. The fourth-order valence-electron chi connectivity index (χ4n) is 2.13. The third kappa shape index (κ3) is 4.22. The number of halogens is 4. The standard InChI is InChI=1S/C17H11F4N3O2/c1-9(25)24-15-6-10(2-4-13(15)18)16(26)12(7-22)14-5-3-11(8-23-14)17(19,20)21/h2-6,8,12H,1H3,(H,24,25). The van der Waals surface area contributed by atoms with Gasteiger partial charge in [0, 0.05) is 18.7 Å². The maximum absolute atomic E-state index is 13.6. The number of rotatable bonds is 4. The van der Waals surface area contributed by atoms with Gasteiger partial charge in [-0.05, 0) is 30.3 Å². The first-order valence-corrected chi connectivity index (χ1v) is 7.17. The van der Waals surface area contributed by atoms with Crippen LogP contribution in [0.4, 0.5) is 23.2 Å². The van der Waals surface area contributed by atoms with Crippen LogP contribution in [0.15, 0.2) is 36.5 Å². The second-order valence-corrected chi connectivity index (χ2v) is 5.27. The molecule has 0 aliphatic rings. The monoisotopic (exact) mass is 365 g/mol. The average Bonchev–Trinajstić information content (AvgIpc) is 2.56. The first-order chi connectivity index (χ1) is 12.1. The van der Waals surface area contributed by atoms with Crippen molar-refractivity contribution in [3.8, 4) is 6.07 Å². The van der Waals surface area contributed by atoms with Crippen molar-refractivity contribution in [3.63, 3.8) is 0 Å². The summed E-state index contributed by atoms with van der Waals surface area (Å²) >= 11 is 0. The molecule has 0 spiro atoms. The van der Waals surface area contributed by atoms with E-state index in [-0.39, 0.29) is 16.9 Å². The van der Waals surface area contributed by atoms with Crippen molar-refractivity contribution in [2.75, 3.05) is 5.32 Å². The van der Waals surface area contributed by atoms with E-state index in [0.717, 1.165) is 31.2 Å². The number of carbonyl (C=O) groups excluding carboxylic acids is 2. The number of hydrogen-bond acceptors (Lipinski definition) is 4. The molecule has 1 unspecified atom stereocenters. The summed E-state index contributed by atoms with van der Waals surface area (Å²) in [4.78, 5) is 27.1. The molecule has 2 rings (SSSR count). The number of nitrogens with zero attached hydrogens (tertiary/aromatic N) is 2. The lowest BCUT2D eigenvalue weighted by Gasteiger charge is -2.11. The molecule has 5 nitrogen and oxygen atoms in total. The van der Waals surface area contributed by atoms with Crippen molar-refractivity contribution in [1.29, 1.82) is 5.26 Å².